The van der Waals surface area contributed by atoms with Gasteiger partial charge in [-0.15, -0.1) is 0 Å². The van der Waals surface area contributed by atoms with E-state index in [1.807, 2.05) is 0 Å². The molecule has 21 heavy (non-hydrogen) atoms. The number of oxazole rings is 1. The van der Waals surface area contributed by atoms with Crippen molar-refractivity contribution in [2.75, 3.05) is 5.73 Å². The highest BCUT2D eigenvalue weighted by atomic mass is 32.2. The Labute approximate surface area is 120 Å². The van der Waals surface area contributed by atoms with Crippen LogP contribution < -0.4 is 5.73 Å². The van der Waals surface area contributed by atoms with Gasteiger partial charge in [0.15, 0.2) is 15.4 Å². The molecule has 5 nitrogen and oxygen atoms in total. The zero-order valence-electron chi connectivity index (χ0n) is 10.8. The molecule has 0 saturated carbocycles. The van der Waals surface area contributed by atoms with Crippen molar-refractivity contribution < 1.29 is 17.2 Å². The summed E-state index contributed by atoms with van der Waals surface area (Å²) in [5.74, 6) is -1.35. The van der Waals surface area contributed by atoms with E-state index in [-0.39, 0.29) is 10.8 Å². The predicted octanol–water partition coefficient (Wildman–Crippen LogP) is 2.52. The molecule has 0 aliphatic heterocycles. The highest BCUT2D eigenvalue weighted by molar-refractivity contribution is 7.90. The van der Waals surface area contributed by atoms with Gasteiger partial charge in [0, 0.05) is 0 Å². The summed E-state index contributed by atoms with van der Waals surface area (Å²) in [4.78, 5) is 3.68. The van der Waals surface area contributed by atoms with Crippen LogP contribution in [0.25, 0.3) is 11.1 Å². The van der Waals surface area contributed by atoms with E-state index < -0.39 is 21.4 Å². The number of fused-ring (bicyclic) bond motifs is 1. The number of para-hydroxylation sites is 1. The van der Waals surface area contributed by atoms with Crippen LogP contribution in [0.1, 0.15) is 5.89 Å². The average molecular weight is 306 g/mol. The number of nitrogens with zero attached hydrogens (tertiary/aromatic N) is 1. The summed E-state index contributed by atoms with van der Waals surface area (Å²) in [6.45, 7) is 0. The Hall–Kier alpha value is -2.41. The normalized spacial score (nSPS) is 11.9. The number of nitrogens with two attached hydrogens (primary N) is 1. The number of hydrogen-bond donors (Lipinski definition) is 1. The van der Waals surface area contributed by atoms with Gasteiger partial charge in [0.2, 0.25) is 5.89 Å². The van der Waals surface area contributed by atoms with E-state index in [0.717, 1.165) is 6.07 Å². The van der Waals surface area contributed by atoms with Gasteiger partial charge in [0.25, 0.3) is 0 Å². The molecule has 7 heteroatoms. The van der Waals surface area contributed by atoms with Crippen LogP contribution in [-0.4, -0.2) is 13.4 Å². The van der Waals surface area contributed by atoms with Crippen molar-refractivity contribution in [1.29, 1.82) is 0 Å². The fraction of sp³-hybridized carbons (Fsp3) is 0.0714. The summed E-state index contributed by atoms with van der Waals surface area (Å²) in [7, 11) is -3.88. The first kappa shape index (κ1) is 13.6. The molecule has 0 unspecified atom stereocenters. The molecule has 0 aliphatic rings. The molecule has 0 aliphatic carbocycles. The number of rotatable bonds is 3. The summed E-state index contributed by atoms with van der Waals surface area (Å²) >= 11 is 0. The van der Waals surface area contributed by atoms with Gasteiger partial charge in [-0.2, -0.15) is 0 Å². The fourth-order valence-electron chi connectivity index (χ4n) is 2.01. The molecular weight excluding hydrogens is 295 g/mol. The van der Waals surface area contributed by atoms with Crippen molar-refractivity contribution in [1.82, 2.24) is 4.98 Å². The standard InChI is InChI=1S/C14H11FN2O3S/c15-9-4-1-2-7-12(9)21(18,19)8-13-17-14-10(16)5-3-6-11(14)20-13/h1-7H,8,16H2. The number of sulfone groups is 1. The summed E-state index contributed by atoms with van der Waals surface area (Å²) < 4.78 is 43.4. The molecule has 0 spiro atoms. The molecule has 3 aromatic rings. The summed E-state index contributed by atoms with van der Waals surface area (Å²) in [5.41, 5.74) is 6.93. The molecule has 0 bridgehead atoms. The van der Waals surface area contributed by atoms with Crippen LogP contribution in [0, 0.1) is 5.82 Å². The first-order valence-electron chi connectivity index (χ1n) is 6.08. The van der Waals surface area contributed by atoms with Crippen molar-refractivity contribution in [2.24, 2.45) is 0 Å². The van der Waals surface area contributed by atoms with Crippen molar-refractivity contribution in [3.05, 3.63) is 54.2 Å². The molecule has 0 amide bonds. The fourth-order valence-corrected chi connectivity index (χ4v) is 3.27. The summed E-state index contributed by atoms with van der Waals surface area (Å²) in [6.07, 6.45) is 0. The lowest BCUT2D eigenvalue weighted by atomic mass is 10.3. The van der Waals surface area contributed by atoms with Gasteiger partial charge >= 0.3 is 0 Å². The SMILES string of the molecule is Nc1cccc2oc(CS(=O)(=O)c3ccccc3F)nc12. The van der Waals surface area contributed by atoms with Gasteiger partial charge in [-0.25, -0.2) is 17.8 Å². The molecule has 3 rings (SSSR count). The second-order valence-electron chi connectivity index (χ2n) is 4.49. The number of benzene rings is 2. The van der Waals surface area contributed by atoms with Crippen molar-refractivity contribution >= 4 is 26.6 Å². The molecule has 2 N–H and O–H groups in total. The maximum atomic E-state index is 13.6. The first-order valence-corrected chi connectivity index (χ1v) is 7.74. The van der Waals surface area contributed by atoms with Crippen molar-refractivity contribution in [3.63, 3.8) is 0 Å². The molecule has 1 aromatic heterocycles. The Balaban J connectivity index is 2.02. The minimum atomic E-state index is -3.88. The first-order chi connectivity index (χ1) is 9.97. The molecule has 0 radical (unpaired) electrons. The number of halogens is 1. The van der Waals surface area contributed by atoms with E-state index in [2.05, 4.69) is 4.98 Å². The van der Waals surface area contributed by atoms with Crippen LogP contribution in [0.3, 0.4) is 0 Å². The minimum absolute atomic E-state index is 0.0221. The van der Waals surface area contributed by atoms with E-state index in [9.17, 15) is 12.8 Å². The third-order valence-corrected chi connectivity index (χ3v) is 4.61. The van der Waals surface area contributed by atoms with Crippen LogP contribution in [0.4, 0.5) is 10.1 Å². The minimum Gasteiger partial charge on any atom is -0.439 e. The number of nitrogen functional groups attached to an aromatic ring is 1. The van der Waals surface area contributed by atoms with Crippen LogP contribution in [-0.2, 0) is 15.6 Å². The quantitative estimate of drug-likeness (QED) is 0.751. The lowest BCUT2D eigenvalue weighted by Gasteiger charge is -2.02. The van der Waals surface area contributed by atoms with Crippen LogP contribution in [0.5, 0.6) is 0 Å². The van der Waals surface area contributed by atoms with Gasteiger partial charge in [-0.1, -0.05) is 18.2 Å². The Kier molecular flexibility index (Phi) is 3.13. The second kappa shape index (κ2) is 4.85. The van der Waals surface area contributed by atoms with Crippen LogP contribution >= 0.6 is 0 Å². The molecule has 1 heterocycles. The lowest BCUT2D eigenvalue weighted by molar-refractivity contribution is 0.534. The van der Waals surface area contributed by atoms with Crippen molar-refractivity contribution in [3.8, 4) is 0 Å². The van der Waals surface area contributed by atoms with Crippen LogP contribution in [0.15, 0.2) is 51.8 Å². The predicted molar refractivity (Wildman–Crippen MR) is 75.7 cm³/mol. The summed E-state index contributed by atoms with van der Waals surface area (Å²) in [5, 5.41) is 0. The Morgan fingerprint density at radius 1 is 1.14 bits per heavy atom. The Bertz CT molecular complexity index is 919. The highest BCUT2D eigenvalue weighted by Crippen LogP contribution is 2.24. The van der Waals surface area contributed by atoms with Gasteiger partial charge in [0.05, 0.1) is 5.69 Å². The monoisotopic (exact) mass is 306 g/mol. The number of aromatic nitrogens is 1. The van der Waals surface area contributed by atoms with E-state index >= 15 is 0 Å². The Morgan fingerprint density at radius 2 is 1.90 bits per heavy atom. The third kappa shape index (κ3) is 2.47. The average Bonchev–Trinajstić information content (AvgIpc) is 2.82. The van der Waals surface area contributed by atoms with E-state index in [0.29, 0.717) is 16.8 Å². The summed E-state index contributed by atoms with van der Waals surface area (Å²) in [6, 6.07) is 10.1. The van der Waals surface area contributed by atoms with Gasteiger partial charge < -0.3 is 10.2 Å². The molecule has 0 saturated heterocycles. The van der Waals surface area contributed by atoms with E-state index in [1.54, 1.807) is 18.2 Å². The zero-order valence-corrected chi connectivity index (χ0v) is 11.6. The third-order valence-electron chi connectivity index (χ3n) is 2.98. The topological polar surface area (TPSA) is 86.2 Å². The molecular formula is C14H11FN2O3S. The molecule has 108 valence electrons. The zero-order chi connectivity index (χ0) is 15.0. The Morgan fingerprint density at radius 3 is 2.62 bits per heavy atom. The van der Waals surface area contributed by atoms with E-state index in [1.165, 1.54) is 18.2 Å². The number of anilines is 1. The smallest absolute Gasteiger partial charge is 0.211 e. The van der Waals surface area contributed by atoms with Crippen LogP contribution in [0.2, 0.25) is 0 Å². The van der Waals surface area contributed by atoms with Gasteiger partial charge in [-0.3, -0.25) is 0 Å². The second-order valence-corrected chi connectivity index (χ2v) is 6.45. The maximum absolute atomic E-state index is 13.6. The van der Waals surface area contributed by atoms with Gasteiger partial charge in [-0.05, 0) is 24.3 Å². The lowest BCUT2D eigenvalue weighted by Crippen LogP contribution is -2.07. The largest absolute Gasteiger partial charge is 0.439 e. The maximum Gasteiger partial charge on any atom is 0.211 e. The molecule has 0 atom stereocenters. The number of hydrogen-bond acceptors (Lipinski definition) is 5. The van der Waals surface area contributed by atoms with Gasteiger partial charge in [0.1, 0.15) is 22.0 Å². The van der Waals surface area contributed by atoms with Crippen molar-refractivity contribution in [2.45, 2.75) is 10.6 Å². The molecule has 0 fully saturated rings. The van der Waals surface area contributed by atoms with E-state index in [4.69, 9.17) is 10.2 Å². The molecule has 2 aromatic carbocycles. The highest BCUT2D eigenvalue weighted by Gasteiger charge is 2.22.